The molecule has 0 saturated carbocycles. The van der Waals surface area contributed by atoms with E-state index in [1.165, 1.54) is 0 Å². The topological polar surface area (TPSA) is 61.8 Å². The third-order valence-electron chi connectivity index (χ3n) is 3.47. The zero-order chi connectivity index (χ0) is 13.4. The lowest BCUT2D eigenvalue weighted by atomic mass is 9.93. The predicted octanol–water partition coefficient (Wildman–Crippen LogP) is 1.22. The van der Waals surface area contributed by atoms with Gasteiger partial charge in [0.15, 0.2) is 0 Å². The zero-order valence-corrected chi connectivity index (χ0v) is 11.5. The van der Waals surface area contributed by atoms with Gasteiger partial charge in [0.2, 0.25) is 0 Å². The first-order valence-electron chi connectivity index (χ1n) is 6.93. The minimum absolute atomic E-state index is 0.0130. The van der Waals surface area contributed by atoms with Crippen molar-refractivity contribution in [3.05, 3.63) is 0 Å². The van der Waals surface area contributed by atoms with Gasteiger partial charge in [-0.25, -0.2) is 4.79 Å². The Morgan fingerprint density at radius 3 is 2.67 bits per heavy atom. The summed E-state index contributed by atoms with van der Waals surface area (Å²) in [5.74, 6) is 0.500. The molecule has 0 aromatic heterocycles. The van der Waals surface area contributed by atoms with Crippen LogP contribution in [0, 0.1) is 5.92 Å². The van der Waals surface area contributed by atoms with Crippen molar-refractivity contribution >= 4 is 6.03 Å². The maximum absolute atomic E-state index is 12.0. The van der Waals surface area contributed by atoms with Gasteiger partial charge in [-0.3, -0.25) is 0 Å². The molecule has 0 bridgehead atoms. The summed E-state index contributed by atoms with van der Waals surface area (Å²) in [6.07, 6.45) is 2.92. The molecule has 106 valence electrons. The number of aliphatic hydroxyl groups excluding tert-OH is 1. The first-order chi connectivity index (χ1) is 8.69. The molecular formula is C13H26N2O3. The highest BCUT2D eigenvalue weighted by Crippen LogP contribution is 2.18. The second-order valence-electron chi connectivity index (χ2n) is 4.90. The maximum Gasteiger partial charge on any atom is 0.317 e. The standard InChI is InChI=1S/C13H26N2O3/c1-3-6-15(7-8-16)13(17)14-11(2)12-4-9-18-10-5-12/h11-12,16H,3-10H2,1-2H3,(H,14,17). The van der Waals surface area contributed by atoms with E-state index in [1.807, 2.05) is 6.92 Å². The van der Waals surface area contributed by atoms with Crippen LogP contribution in [0.15, 0.2) is 0 Å². The molecule has 0 spiro atoms. The molecule has 1 saturated heterocycles. The highest BCUT2D eigenvalue weighted by Gasteiger charge is 2.23. The molecule has 5 nitrogen and oxygen atoms in total. The van der Waals surface area contributed by atoms with Gasteiger partial charge in [-0.2, -0.15) is 0 Å². The van der Waals surface area contributed by atoms with Gasteiger partial charge in [-0.1, -0.05) is 6.92 Å². The molecule has 5 heteroatoms. The SMILES string of the molecule is CCCN(CCO)C(=O)NC(C)C1CCOCC1. The van der Waals surface area contributed by atoms with Crippen molar-refractivity contribution in [2.45, 2.75) is 39.2 Å². The number of carbonyl (C=O) groups excluding carboxylic acids is 1. The number of aliphatic hydroxyl groups is 1. The second-order valence-corrected chi connectivity index (χ2v) is 4.90. The molecule has 2 N–H and O–H groups in total. The van der Waals surface area contributed by atoms with Crippen LogP contribution >= 0.6 is 0 Å². The molecule has 0 aliphatic carbocycles. The Kier molecular flexibility index (Phi) is 7.05. The summed E-state index contributed by atoms with van der Waals surface area (Å²) in [7, 11) is 0. The van der Waals surface area contributed by atoms with Crippen LogP contribution in [0.3, 0.4) is 0 Å². The summed E-state index contributed by atoms with van der Waals surface area (Å²) in [6.45, 7) is 6.77. The van der Waals surface area contributed by atoms with E-state index in [4.69, 9.17) is 9.84 Å². The van der Waals surface area contributed by atoms with E-state index in [-0.39, 0.29) is 18.7 Å². The molecule has 0 aromatic carbocycles. The number of nitrogens with one attached hydrogen (secondary N) is 1. The lowest BCUT2D eigenvalue weighted by molar-refractivity contribution is 0.0561. The van der Waals surface area contributed by atoms with Crippen LogP contribution in [-0.2, 0) is 4.74 Å². The Hall–Kier alpha value is -0.810. The van der Waals surface area contributed by atoms with Crippen LogP contribution in [0.4, 0.5) is 4.79 Å². The van der Waals surface area contributed by atoms with E-state index in [2.05, 4.69) is 12.2 Å². The van der Waals surface area contributed by atoms with E-state index in [9.17, 15) is 4.79 Å². The van der Waals surface area contributed by atoms with Crippen LogP contribution in [0.1, 0.15) is 33.1 Å². The monoisotopic (exact) mass is 258 g/mol. The van der Waals surface area contributed by atoms with E-state index < -0.39 is 0 Å². The number of ether oxygens (including phenoxy) is 1. The van der Waals surface area contributed by atoms with E-state index in [1.54, 1.807) is 4.90 Å². The molecule has 1 unspecified atom stereocenters. The quantitative estimate of drug-likeness (QED) is 0.753. The average molecular weight is 258 g/mol. The summed E-state index contributed by atoms with van der Waals surface area (Å²) in [4.78, 5) is 13.7. The molecule has 1 heterocycles. The molecule has 0 radical (unpaired) electrons. The van der Waals surface area contributed by atoms with Crippen molar-refractivity contribution in [3.8, 4) is 0 Å². The smallest absolute Gasteiger partial charge is 0.317 e. The number of hydrogen-bond donors (Lipinski definition) is 2. The Labute approximate surface area is 109 Å². The fraction of sp³-hybridized carbons (Fsp3) is 0.923. The highest BCUT2D eigenvalue weighted by molar-refractivity contribution is 5.74. The molecule has 1 aliphatic rings. The van der Waals surface area contributed by atoms with Crippen molar-refractivity contribution in [2.75, 3.05) is 32.9 Å². The lowest BCUT2D eigenvalue weighted by Crippen LogP contribution is -2.48. The van der Waals surface area contributed by atoms with Crippen LogP contribution < -0.4 is 5.32 Å². The second kappa shape index (κ2) is 8.32. The maximum atomic E-state index is 12.0. The lowest BCUT2D eigenvalue weighted by Gasteiger charge is -2.30. The van der Waals surface area contributed by atoms with Gasteiger partial charge in [-0.05, 0) is 32.1 Å². The van der Waals surface area contributed by atoms with Gasteiger partial charge < -0.3 is 20.1 Å². The Morgan fingerprint density at radius 1 is 1.44 bits per heavy atom. The van der Waals surface area contributed by atoms with Gasteiger partial charge in [-0.15, -0.1) is 0 Å². The van der Waals surface area contributed by atoms with E-state index in [0.717, 1.165) is 32.5 Å². The van der Waals surface area contributed by atoms with Gasteiger partial charge in [0.25, 0.3) is 0 Å². The summed E-state index contributed by atoms with van der Waals surface area (Å²) in [6, 6.07) is 0.101. The summed E-state index contributed by atoms with van der Waals surface area (Å²) in [5, 5.41) is 12.0. The van der Waals surface area contributed by atoms with E-state index in [0.29, 0.717) is 19.0 Å². The summed E-state index contributed by atoms with van der Waals surface area (Å²) >= 11 is 0. The van der Waals surface area contributed by atoms with Crippen molar-refractivity contribution in [3.63, 3.8) is 0 Å². The fourth-order valence-corrected chi connectivity index (χ4v) is 2.33. The Balaban J connectivity index is 2.40. The van der Waals surface area contributed by atoms with Crippen molar-refractivity contribution in [2.24, 2.45) is 5.92 Å². The van der Waals surface area contributed by atoms with Crippen molar-refractivity contribution in [1.82, 2.24) is 10.2 Å². The van der Waals surface area contributed by atoms with Crippen LogP contribution in [0.25, 0.3) is 0 Å². The average Bonchev–Trinajstić information content (AvgIpc) is 2.39. The van der Waals surface area contributed by atoms with Gasteiger partial charge in [0.05, 0.1) is 6.61 Å². The fourth-order valence-electron chi connectivity index (χ4n) is 2.33. The molecule has 1 fully saturated rings. The summed E-state index contributed by atoms with van der Waals surface area (Å²) < 4.78 is 5.32. The third kappa shape index (κ3) is 4.82. The Bertz CT molecular complexity index is 236. The molecule has 1 atom stereocenters. The number of hydrogen-bond acceptors (Lipinski definition) is 3. The van der Waals surface area contributed by atoms with Crippen molar-refractivity contribution < 1.29 is 14.6 Å². The van der Waals surface area contributed by atoms with Gasteiger partial charge in [0, 0.05) is 32.3 Å². The normalized spacial score (nSPS) is 18.4. The molecule has 1 rings (SSSR count). The summed E-state index contributed by atoms with van der Waals surface area (Å²) in [5.41, 5.74) is 0. The van der Waals surface area contributed by atoms with Crippen LogP contribution in [0.2, 0.25) is 0 Å². The van der Waals surface area contributed by atoms with E-state index >= 15 is 0 Å². The van der Waals surface area contributed by atoms with Crippen molar-refractivity contribution in [1.29, 1.82) is 0 Å². The minimum atomic E-state index is -0.0649. The predicted molar refractivity (Wildman–Crippen MR) is 70.5 cm³/mol. The zero-order valence-electron chi connectivity index (χ0n) is 11.5. The number of rotatable bonds is 6. The number of nitrogens with zero attached hydrogens (tertiary/aromatic N) is 1. The van der Waals surface area contributed by atoms with Crippen LogP contribution in [0.5, 0.6) is 0 Å². The highest BCUT2D eigenvalue weighted by atomic mass is 16.5. The minimum Gasteiger partial charge on any atom is -0.395 e. The first-order valence-corrected chi connectivity index (χ1v) is 6.93. The number of amides is 2. The molecule has 0 aromatic rings. The Morgan fingerprint density at radius 2 is 2.11 bits per heavy atom. The molecule has 1 aliphatic heterocycles. The molecule has 2 amide bonds. The third-order valence-corrected chi connectivity index (χ3v) is 3.47. The van der Waals surface area contributed by atoms with Gasteiger partial charge >= 0.3 is 6.03 Å². The molecular weight excluding hydrogens is 232 g/mol. The van der Waals surface area contributed by atoms with Crippen LogP contribution in [-0.4, -0.2) is 55.0 Å². The van der Waals surface area contributed by atoms with Gasteiger partial charge in [0.1, 0.15) is 0 Å². The first kappa shape index (κ1) is 15.2. The molecule has 18 heavy (non-hydrogen) atoms. The largest absolute Gasteiger partial charge is 0.395 e. The number of urea groups is 1. The number of carbonyl (C=O) groups is 1.